The van der Waals surface area contributed by atoms with Crippen LogP contribution in [-0.2, 0) is 11.2 Å². The summed E-state index contributed by atoms with van der Waals surface area (Å²) in [4.78, 5) is 16.5. The van der Waals surface area contributed by atoms with Gasteiger partial charge >= 0.3 is 0 Å². The molecule has 0 N–H and O–H groups in total. The molecule has 29 heavy (non-hydrogen) atoms. The number of nitrogens with zero attached hydrogens (tertiary/aromatic N) is 4. The third-order valence-corrected chi connectivity index (χ3v) is 6.12. The summed E-state index contributed by atoms with van der Waals surface area (Å²) in [6.07, 6.45) is 4.06. The molecule has 5 nitrogen and oxygen atoms in total. The van der Waals surface area contributed by atoms with Crippen molar-refractivity contribution in [3.05, 3.63) is 76.8 Å². The van der Waals surface area contributed by atoms with Crippen molar-refractivity contribution < 1.29 is 4.79 Å². The molecular formula is C22H23BrN4OS. The highest BCUT2D eigenvalue weighted by molar-refractivity contribution is 9.10. The molecule has 1 aliphatic rings. The summed E-state index contributed by atoms with van der Waals surface area (Å²) in [6, 6.07) is 16.1. The van der Waals surface area contributed by atoms with E-state index in [1.165, 1.54) is 11.8 Å². The van der Waals surface area contributed by atoms with Crippen molar-refractivity contribution in [2.24, 2.45) is 10.2 Å². The van der Waals surface area contributed by atoms with Gasteiger partial charge in [-0.25, -0.2) is 0 Å². The normalized spacial score (nSPS) is 18.0. The fraction of sp³-hybridized carbons (Fsp3) is 0.227. The number of carbonyl (C=O) groups is 1. The number of benzene rings is 2. The Morgan fingerprint density at radius 3 is 2.48 bits per heavy atom. The van der Waals surface area contributed by atoms with Crippen LogP contribution in [-0.4, -0.2) is 48.1 Å². The lowest BCUT2D eigenvalue weighted by molar-refractivity contribution is -0.125. The molecule has 1 amide bonds. The van der Waals surface area contributed by atoms with Gasteiger partial charge in [-0.3, -0.25) is 9.69 Å². The molecule has 2 aromatic rings. The molecule has 7 heteroatoms. The fourth-order valence-electron chi connectivity index (χ4n) is 2.85. The molecule has 150 valence electrons. The zero-order chi connectivity index (χ0) is 20.8. The summed E-state index contributed by atoms with van der Waals surface area (Å²) in [5.41, 5.74) is 3.19. The molecule has 0 bridgehead atoms. The molecule has 0 spiro atoms. The van der Waals surface area contributed by atoms with E-state index in [2.05, 4.69) is 32.7 Å². The van der Waals surface area contributed by atoms with Gasteiger partial charge in [-0.15, -0.1) is 11.7 Å². The van der Waals surface area contributed by atoms with Gasteiger partial charge in [0, 0.05) is 30.8 Å². The molecule has 0 saturated carbocycles. The van der Waals surface area contributed by atoms with Crippen LogP contribution < -0.4 is 4.90 Å². The molecular weight excluding hydrogens is 448 g/mol. The molecule has 0 unspecified atom stereocenters. The number of rotatable bonds is 7. The first-order valence-electron chi connectivity index (χ1n) is 9.19. The predicted octanol–water partition coefficient (Wildman–Crippen LogP) is 4.58. The van der Waals surface area contributed by atoms with Crippen LogP contribution in [0.1, 0.15) is 11.1 Å². The minimum Gasteiger partial charge on any atom is -0.378 e. The van der Waals surface area contributed by atoms with E-state index in [4.69, 9.17) is 0 Å². The van der Waals surface area contributed by atoms with Crippen molar-refractivity contribution in [3.8, 4) is 0 Å². The predicted molar refractivity (Wildman–Crippen MR) is 127 cm³/mol. The Morgan fingerprint density at radius 2 is 1.86 bits per heavy atom. The number of anilines is 1. The Balaban J connectivity index is 1.72. The van der Waals surface area contributed by atoms with E-state index in [1.807, 2.05) is 67.5 Å². The first-order valence-corrected chi connectivity index (χ1v) is 10.9. The topological polar surface area (TPSA) is 48.3 Å². The Bertz CT molecular complexity index is 923. The number of hydrogen-bond acceptors (Lipinski definition) is 5. The Labute approximate surface area is 184 Å². The summed E-state index contributed by atoms with van der Waals surface area (Å²) in [5, 5.41) is 8.94. The van der Waals surface area contributed by atoms with Gasteiger partial charge in [-0.05, 0) is 41.8 Å². The van der Waals surface area contributed by atoms with Crippen molar-refractivity contribution in [1.82, 2.24) is 4.90 Å². The van der Waals surface area contributed by atoms with Crippen molar-refractivity contribution >= 4 is 50.7 Å². The largest absolute Gasteiger partial charge is 0.378 e. The van der Waals surface area contributed by atoms with E-state index in [0.29, 0.717) is 18.1 Å². The lowest BCUT2D eigenvalue weighted by Gasteiger charge is -2.13. The third-order valence-electron chi connectivity index (χ3n) is 4.43. The number of amidine groups is 1. The van der Waals surface area contributed by atoms with Gasteiger partial charge in [-0.2, -0.15) is 5.10 Å². The van der Waals surface area contributed by atoms with Crippen LogP contribution in [0.5, 0.6) is 0 Å². The highest BCUT2D eigenvalue weighted by Gasteiger charge is 2.37. The minimum atomic E-state index is -0.204. The van der Waals surface area contributed by atoms with Crippen LogP contribution in [0.3, 0.4) is 0 Å². The number of carbonyl (C=O) groups excluding carboxylic acids is 1. The van der Waals surface area contributed by atoms with Gasteiger partial charge in [-0.1, -0.05) is 58.0 Å². The Hall–Kier alpha value is -2.38. The van der Waals surface area contributed by atoms with Gasteiger partial charge in [0.05, 0.1) is 11.5 Å². The number of thioether (sulfide) groups is 1. The third kappa shape index (κ3) is 5.58. The van der Waals surface area contributed by atoms with Gasteiger partial charge in [0.15, 0.2) is 5.17 Å². The van der Waals surface area contributed by atoms with Crippen molar-refractivity contribution in [2.45, 2.75) is 11.7 Å². The maximum Gasteiger partial charge on any atom is 0.242 e. The fourth-order valence-corrected chi connectivity index (χ4v) is 4.26. The average Bonchev–Trinajstić information content (AvgIpc) is 2.99. The smallest absolute Gasteiger partial charge is 0.242 e. The van der Waals surface area contributed by atoms with Crippen molar-refractivity contribution in [3.63, 3.8) is 0 Å². The van der Waals surface area contributed by atoms with E-state index in [-0.39, 0.29) is 11.2 Å². The van der Waals surface area contributed by atoms with Crippen LogP contribution in [0.15, 0.2) is 75.9 Å². The molecule has 0 aliphatic carbocycles. The SMILES string of the molecule is C=CCN1C(=O)[C@H](Cc2ccc(Br)cc2)S/C1=N/N=C\c1ccc(N(C)C)cc1. The number of halogens is 1. The molecule has 3 rings (SSSR count). The van der Waals surface area contributed by atoms with Gasteiger partial charge in [0.25, 0.3) is 0 Å². The first kappa shape index (κ1) is 21.3. The summed E-state index contributed by atoms with van der Waals surface area (Å²) >= 11 is 4.89. The van der Waals surface area contributed by atoms with Gasteiger partial charge < -0.3 is 4.90 Å². The second-order valence-electron chi connectivity index (χ2n) is 6.79. The Morgan fingerprint density at radius 1 is 1.17 bits per heavy atom. The molecule has 2 aromatic carbocycles. The molecule has 0 aromatic heterocycles. The molecule has 1 atom stereocenters. The summed E-state index contributed by atoms with van der Waals surface area (Å²) in [5.74, 6) is 0.0436. The molecule has 0 radical (unpaired) electrons. The maximum absolute atomic E-state index is 12.8. The van der Waals surface area contributed by atoms with Crippen LogP contribution in [0, 0.1) is 0 Å². The lowest BCUT2D eigenvalue weighted by atomic mass is 10.1. The molecule has 1 heterocycles. The van der Waals surface area contributed by atoms with E-state index in [9.17, 15) is 4.79 Å². The summed E-state index contributed by atoms with van der Waals surface area (Å²) in [7, 11) is 4.00. The van der Waals surface area contributed by atoms with Gasteiger partial charge in [0.1, 0.15) is 0 Å². The number of amides is 1. The highest BCUT2D eigenvalue weighted by atomic mass is 79.9. The minimum absolute atomic E-state index is 0.0436. The van der Waals surface area contributed by atoms with Gasteiger partial charge in [0.2, 0.25) is 5.91 Å². The van der Waals surface area contributed by atoms with Crippen LogP contribution in [0.4, 0.5) is 5.69 Å². The standard InChI is InChI=1S/C22H23BrN4OS/c1-4-13-27-21(28)20(14-16-5-9-18(23)10-6-16)29-22(27)25-24-15-17-7-11-19(12-8-17)26(2)3/h4-12,15,20H,1,13-14H2,2-3H3/b24-15-,25-22+/t20-/m0/s1. The number of hydrogen-bond donors (Lipinski definition) is 0. The summed E-state index contributed by atoms with van der Waals surface area (Å²) in [6.45, 7) is 4.18. The average molecular weight is 471 g/mol. The van der Waals surface area contributed by atoms with E-state index >= 15 is 0 Å². The first-order chi connectivity index (χ1) is 14.0. The molecule has 1 saturated heterocycles. The zero-order valence-electron chi connectivity index (χ0n) is 16.5. The molecule has 1 aliphatic heterocycles. The highest BCUT2D eigenvalue weighted by Crippen LogP contribution is 2.30. The quantitative estimate of drug-likeness (QED) is 0.338. The van der Waals surface area contributed by atoms with E-state index in [0.717, 1.165) is 21.3 Å². The van der Waals surface area contributed by atoms with Crippen LogP contribution in [0.2, 0.25) is 0 Å². The monoisotopic (exact) mass is 470 g/mol. The Kier molecular flexibility index (Phi) is 7.28. The zero-order valence-corrected chi connectivity index (χ0v) is 18.9. The maximum atomic E-state index is 12.8. The van der Waals surface area contributed by atoms with Crippen molar-refractivity contribution in [1.29, 1.82) is 0 Å². The van der Waals surface area contributed by atoms with Crippen LogP contribution >= 0.6 is 27.7 Å². The lowest BCUT2D eigenvalue weighted by Crippen LogP contribution is -2.32. The van der Waals surface area contributed by atoms with Crippen molar-refractivity contribution in [2.75, 3.05) is 25.5 Å². The van der Waals surface area contributed by atoms with E-state index < -0.39 is 0 Å². The van der Waals surface area contributed by atoms with E-state index in [1.54, 1.807) is 17.2 Å². The summed E-state index contributed by atoms with van der Waals surface area (Å²) < 4.78 is 1.02. The molecule has 1 fully saturated rings. The second kappa shape index (κ2) is 9.89. The second-order valence-corrected chi connectivity index (χ2v) is 8.87. The van der Waals surface area contributed by atoms with Crippen LogP contribution in [0.25, 0.3) is 0 Å².